The molecule has 0 unspecified atom stereocenters. The summed E-state index contributed by atoms with van der Waals surface area (Å²) in [6.07, 6.45) is 2.81. The van der Waals surface area contributed by atoms with Gasteiger partial charge in [0.2, 0.25) is 10.0 Å². The zero-order valence-electron chi connectivity index (χ0n) is 10.6. The topological polar surface area (TPSA) is 115 Å². The Hall–Kier alpha value is -2.32. The van der Waals surface area contributed by atoms with E-state index in [1.54, 1.807) is 13.0 Å². The number of hydrogen-bond acceptors (Lipinski definition) is 5. The van der Waals surface area contributed by atoms with Crippen molar-refractivity contribution in [1.29, 1.82) is 0 Å². The molecule has 0 bridgehead atoms. The molecule has 7 nitrogen and oxygen atoms in total. The van der Waals surface area contributed by atoms with Gasteiger partial charge in [0.15, 0.2) is 0 Å². The highest BCUT2D eigenvalue weighted by Crippen LogP contribution is 2.14. The predicted molar refractivity (Wildman–Crippen MR) is 72.5 cm³/mol. The maximum atomic E-state index is 11.9. The van der Waals surface area contributed by atoms with Crippen LogP contribution in [0.1, 0.15) is 16.2 Å². The van der Waals surface area contributed by atoms with Crippen LogP contribution in [0.5, 0.6) is 0 Å². The number of nitrogens with zero attached hydrogens (tertiary/aromatic N) is 2. The van der Waals surface area contributed by atoms with Gasteiger partial charge in [0.1, 0.15) is 5.69 Å². The van der Waals surface area contributed by atoms with Crippen molar-refractivity contribution >= 4 is 21.6 Å². The molecule has 0 atom stereocenters. The van der Waals surface area contributed by atoms with Gasteiger partial charge in [0, 0.05) is 11.9 Å². The molecule has 104 valence electrons. The number of benzene rings is 1. The summed E-state index contributed by atoms with van der Waals surface area (Å²) < 4.78 is 22.4. The van der Waals surface area contributed by atoms with Crippen LogP contribution in [0.3, 0.4) is 0 Å². The van der Waals surface area contributed by atoms with Crippen molar-refractivity contribution in [1.82, 2.24) is 9.97 Å². The molecule has 2 aromatic rings. The average Bonchev–Trinajstić information content (AvgIpc) is 2.38. The summed E-state index contributed by atoms with van der Waals surface area (Å²) in [6, 6.07) is 5.65. The summed E-state index contributed by atoms with van der Waals surface area (Å²) in [5.41, 5.74) is 1.14. The van der Waals surface area contributed by atoms with E-state index in [0.29, 0.717) is 11.4 Å². The van der Waals surface area contributed by atoms with Gasteiger partial charge in [0.25, 0.3) is 5.91 Å². The molecule has 1 amide bonds. The van der Waals surface area contributed by atoms with Crippen LogP contribution >= 0.6 is 0 Å². The molecule has 0 saturated heterocycles. The zero-order chi connectivity index (χ0) is 14.8. The van der Waals surface area contributed by atoms with Gasteiger partial charge in [-0.25, -0.2) is 18.5 Å². The quantitative estimate of drug-likeness (QED) is 0.863. The first-order valence-electron chi connectivity index (χ1n) is 5.59. The highest BCUT2D eigenvalue weighted by Gasteiger charge is 2.11. The summed E-state index contributed by atoms with van der Waals surface area (Å²) >= 11 is 0. The number of hydrogen-bond donors (Lipinski definition) is 2. The number of nitrogens with one attached hydrogen (secondary N) is 1. The van der Waals surface area contributed by atoms with Gasteiger partial charge in [-0.2, -0.15) is 0 Å². The van der Waals surface area contributed by atoms with E-state index in [0.717, 1.165) is 0 Å². The van der Waals surface area contributed by atoms with E-state index < -0.39 is 15.9 Å². The number of rotatable bonds is 3. The fourth-order valence-corrected chi connectivity index (χ4v) is 2.02. The Labute approximate surface area is 115 Å². The monoisotopic (exact) mass is 292 g/mol. The molecule has 0 radical (unpaired) electrons. The Kier molecular flexibility index (Phi) is 3.77. The van der Waals surface area contributed by atoms with Crippen LogP contribution in [0.4, 0.5) is 5.69 Å². The fourth-order valence-electron chi connectivity index (χ4n) is 1.46. The Bertz CT molecular complexity index is 742. The van der Waals surface area contributed by atoms with E-state index in [-0.39, 0.29) is 10.6 Å². The molecule has 0 spiro atoms. The van der Waals surface area contributed by atoms with Crippen LogP contribution in [-0.2, 0) is 10.0 Å². The van der Waals surface area contributed by atoms with Gasteiger partial charge in [-0.05, 0) is 25.1 Å². The van der Waals surface area contributed by atoms with Crippen LogP contribution in [0.2, 0.25) is 0 Å². The van der Waals surface area contributed by atoms with E-state index >= 15 is 0 Å². The Morgan fingerprint density at radius 2 is 2.00 bits per heavy atom. The van der Waals surface area contributed by atoms with Gasteiger partial charge in [-0.15, -0.1) is 0 Å². The van der Waals surface area contributed by atoms with Crippen LogP contribution in [0.25, 0.3) is 0 Å². The van der Waals surface area contributed by atoms with Gasteiger partial charge in [-0.1, -0.05) is 6.07 Å². The molecule has 20 heavy (non-hydrogen) atoms. The number of primary sulfonamides is 1. The van der Waals surface area contributed by atoms with Crippen molar-refractivity contribution in [2.75, 3.05) is 5.32 Å². The highest BCUT2D eigenvalue weighted by molar-refractivity contribution is 7.89. The van der Waals surface area contributed by atoms with Crippen molar-refractivity contribution in [2.24, 2.45) is 5.14 Å². The molecule has 1 aromatic carbocycles. The minimum atomic E-state index is -3.81. The lowest BCUT2D eigenvalue weighted by molar-refractivity contribution is 0.102. The van der Waals surface area contributed by atoms with E-state index in [1.165, 1.54) is 30.6 Å². The molecule has 1 aromatic heterocycles. The zero-order valence-corrected chi connectivity index (χ0v) is 11.4. The largest absolute Gasteiger partial charge is 0.321 e. The number of amides is 1. The van der Waals surface area contributed by atoms with E-state index in [2.05, 4.69) is 15.3 Å². The van der Waals surface area contributed by atoms with E-state index in [9.17, 15) is 13.2 Å². The fraction of sp³-hybridized carbons (Fsp3) is 0.0833. The van der Waals surface area contributed by atoms with Crippen molar-refractivity contribution in [2.45, 2.75) is 11.8 Å². The molecular formula is C12H12N4O3S. The molecule has 0 fully saturated rings. The molecule has 1 heterocycles. The number of nitrogens with two attached hydrogens (primary N) is 1. The number of carbonyl (C=O) groups excluding carboxylic acids is 1. The van der Waals surface area contributed by atoms with Gasteiger partial charge < -0.3 is 5.32 Å². The second kappa shape index (κ2) is 5.35. The molecule has 0 aliphatic carbocycles. The first kappa shape index (κ1) is 14.1. The normalized spacial score (nSPS) is 11.1. The van der Waals surface area contributed by atoms with E-state index in [1.807, 2.05) is 0 Å². The Balaban J connectivity index is 2.22. The Morgan fingerprint density at radius 3 is 2.60 bits per heavy atom. The number of aryl methyl sites for hydroxylation is 1. The maximum absolute atomic E-state index is 11.9. The summed E-state index contributed by atoms with van der Waals surface area (Å²) in [5, 5.41) is 7.55. The summed E-state index contributed by atoms with van der Waals surface area (Å²) in [5.74, 6) is -0.482. The van der Waals surface area contributed by atoms with Gasteiger partial charge in [-0.3, -0.25) is 9.78 Å². The smallest absolute Gasteiger partial charge is 0.275 e. The SMILES string of the molecule is Cc1cnc(C(=O)Nc2cccc(S(N)(=O)=O)c2)cn1. The number of anilines is 1. The van der Waals surface area contributed by atoms with Crippen molar-refractivity contribution in [3.8, 4) is 0 Å². The van der Waals surface area contributed by atoms with Crippen molar-refractivity contribution < 1.29 is 13.2 Å². The summed E-state index contributed by atoms with van der Waals surface area (Å²) in [6.45, 7) is 1.75. The molecule has 0 saturated carbocycles. The predicted octanol–water partition coefficient (Wildman–Crippen LogP) is 0.685. The second-order valence-electron chi connectivity index (χ2n) is 4.07. The standard InChI is InChI=1S/C12H12N4O3S/c1-8-6-15-11(7-14-8)12(17)16-9-3-2-4-10(5-9)20(13,18)19/h2-7H,1H3,(H,16,17)(H2,13,18,19). The molecular weight excluding hydrogens is 280 g/mol. The Morgan fingerprint density at radius 1 is 1.25 bits per heavy atom. The lowest BCUT2D eigenvalue weighted by atomic mass is 10.3. The highest BCUT2D eigenvalue weighted by atomic mass is 32.2. The van der Waals surface area contributed by atoms with E-state index in [4.69, 9.17) is 5.14 Å². The minimum absolute atomic E-state index is 0.0784. The number of aromatic nitrogens is 2. The number of sulfonamides is 1. The number of carbonyl (C=O) groups is 1. The summed E-state index contributed by atoms with van der Waals surface area (Å²) in [4.78, 5) is 19.7. The second-order valence-corrected chi connectivity index (χ2v) is 5.63. The summed E-state index contributed by atoms with van der Waals surface area (Å²) in [7, 11) is -3.81. The van der Waals surface area contributed by atoms with Gasteiger partial charge in [0.05, 0.1) is 16.8 Å². The molecule has 0 aliphatic heterocycles. The molecule has 2 rings (SSSR count). The first-order valence-corrected chi connectivity index (χ1v) is 7.14. The average molecular weight is 292 g/mol. The van der Waals surface area contributed by atoms with Crippen molar-refractivity contribution in [3.05, 3.63) is 48.0 Å². The van der Waals surface area contributed by atoms with Gasteiger partial charge >= 0.3 is 0 Å². The third-order valence-corrected chi connectivity index (χ3v) is 3.35. The third kappa shape index (κ3) is 3.37. The molecule has 0 aliphatic rings. The van der Waals surface area contributed by atoms with Crippen LogP contribution in [-0.4, -0.2) is 24.3 Å². The first-order chi connectivity index (χ1) is 9.36. The maximum Gasteiger partial charge on any atom is 0.275 e. The lowest BCUT2D eigenvalue weighted by Gasteiger charge is -2.06. The third-order valence-electron chi connectivity index (χ3n) is 2.43. The van der Waals surface area contributed by atoms with Crippen molar-refractivity contribution in [3.63, 3.8) is 0 Å². The van der Waals surface area contributed by atoms with Crippen LogP contribution < -0.4 is 10.5 Å². The van der Waals surface area contributed by atoms with Crippen LogP contribution in [0, 0.1) is 6.92 Å². The molecule has 8 heteroatoms. The lowest BCUT2D eigenvalue weighted by Crippen LogP contribution is -2.16. The molecule has 3 N–H and O–H groups in total. The minimum Gasteiger partial charge on any atom is -0.321 e. The van der Waals surface area contributed by atoms with Crippen LogP contribution in [0.15, 0.2) is 41.6 Å².